The molecule has 0 fully saturated rings. The minimum absolute atomic E-state index is 0. The van der Waals surface area contributed by atoms with E-state index in [-0.39, 0.29) is 98.1 Å². The van der Waals surface area contributed by atoms with Gasteiger partial charge in [-0.2, -0.15) is 84.2 Å². The number of hydrogen-bond acceptors (Lipinski definition) is 0. The molecule has 0 saturated carbocycles. The molecule has 12 rings (SSSR count). The number of rotatable bonds is 3. The Morgan fingerprint density at radius 2 is 0.912 bits per heavy atom. The van der Waals surface area contributed by atoms with Crippen LogP contribution in [-0.2, 0) is 117 Å². The molecule has 3 aliphatic rings. The van der Waals surface area contributed by atoms with E-state index in [9.17, 15) is 0 Å². The second kappa shape index (κ2) is 18.6. The Hall–Kier alpha value is -3.53. The molecule has 3 radical (unpaired) electrons. The summed E-state index contributed by atoms with van der Waals surface area (Å²) in [7, 11) is 0. The Labute approximate surface area is 410 Å². The van der Waals surface area contributed by atoms with E-state index in [0.717, 1.165) is 36.3 Å². The third-order valence-electron chi connectivity index (χ3n) is 10.4. The topological polar surface area (TPSA) is 14.8 Å². The van der Waals surface area contributed by atoms with Crippen molar-refractivity contribution in [1.29, 1.82) is 0 Å². The zero-order valence-electron chi connectivity index (χ0n) is 31.3. The fraction of sp³-hybridized carbons (Fsp3) is 0.0588. The van der Waals surface area contributed by atoms with Crippen LogP contribution in [0.4, 0.5) is 0 Å². The molecule has 0 spiro atoms. The van der Waals surface area contributed by atoms with E-state index in [4.69, 9.17) is 0 Å². The summed E-state index contributed by atoms with van der Waals surface area (Å²) in [6, 6.07) is 61.6. The summed E-state index contributed by atoms with van der Waals surface area (Å²) >= 11 is 0. The van der Waals surface area contributed by atoms with Gasteiger partial charge in [-0.3, -0.25) is 0 Å². The Morgan fingerprint density at radius 3 is 1.53 bits per heavy atom. The van der Waals surface area contributed by atoms with Crippen LogP contribution in [0.1, 0.15) is 33.5 Å². The zero-order valence-corrected chi connectivity index (χ0v) is 39.8. The molecular formula is C51H33N3Y3-6. The molecular weight excluding hydrogens is 921 g/mol. The smallest absolute Gasteiger partial charge is 0 e. The van der Waals surface area contributed by atoms with Gasteiger partial charge in [0.05, 0.1) is 0 Å². The monoisotopic (exact) mass is 954 g/mol. The first-order chi connectivity index (χ1) is 26.8. The van der Waals surface area contributed by atoms with Crippen molar-refractivity contribution in [2.24, 2.45) is 0 Å². The second-order valence-electron chi connectivity index (χ2n) is 13.7. The van der Waals surface area contributed by atoms with Crippen molar-refractivity contribution < 1.29 is 98.1 Å². The van der Waals surface area contributed by atoms with E-state index in [1.807, 2.05) is 63.7 Å². The maximum absolute atomic E-state index is 3.45. The molecule has 9 aromatic rings. The number of aromatic nitrogens is 3. The SMILES string of the molecule is [Y].[Y].[Y].[c-]1ccccc1-n1[c-]c2c(c1)-c1ccccc1C2.[c-]1ccccc1-n1[c-]c2c(c1)Cc1ccccc1-2.[c-]1ccccc1-n1[c-]cc2c1Cc1ccccc1-2. The predicted octanol–water partition coefficient (Wildman–Crippen LogP) is 10.9. The van der Waals surface area contributed by atoms with Crippen molar-refractivity contribution in [2.75, 3.05) is 0 Å². The van der Waals surface area contributed by atoms with E-state index in [0.29, 0.717) is 0 Å². The van der Waals surface area contributed by atoms with Gasteiger partial charge in [-0.05, 0) is 31.0 Å². The first-order valence-electron chi connectivity index (χ1n) is 18.3. The standard InChI is InChI=1S/3C17H11N.3Y/c2*1-2-7-15(8-3-1)18-11-14-10-13-6-4-5-9-16(13)17(14)12-18;1-2-7-14(8-3-1)18-11-10-16-15-9-5-4-6-13(15)12-17(16)18;;;/h1-7,9,12H,10H2;1-7,9,11H,10H2;1-7,9-10H,12H2;;;/q3*-2;;;. The molecule has 0 atom stereocenters. The van der Waals surface area contributed by atoms with E-state index in [1.165, 1.54) is 66.9 Å². The number of hydrogen-bond donors (Lipinski definition) is 0. The van der Waals surface area contributed by atoms with E-state index in [2.05, 4.69) is 151 Å². The van der Waals surface area contributed by atoms with Crippen LogP contribution in [0.2, 0.25) is 0 Å². The van der Waals surface area contributed by atoms with Crippen LogP contribution in [0.5, 0.6) is 0 Å². The molecule has 267 valence electrons. The van der Waals surface area contributed by atoms with Gasteiger partial charge in [0.15, 0.2) is 0 Å². The summed E-state index contributed by atoms with van der Waals surface area (Å²) in [5.41, 5.74) is 19.2. The molecule has 6 heteroatoms. The van der Waals surface area contributed by atoms with Crippen molar-refractivity contribution in [3.8, 4) is 50.4 Å². The number of benzene rings is 6. The summed E-state index contributed by atoms with van der Waals surface area (Å²) in [6.07, 6.45) is 17.5. The van der Waals surface area contributed by atoms with Crippen LogP contribution >= 0.6 is 0 Å². The average molecular weight is 955 g/mol. The van der Waals surface area contributed by atoms with E-state index >= 15 is 0 Å². The summed E-state index contributed by atoms with van der Waals surface area (Å²) < 4.78 is 6.20. The van der Waals surface area contributed by atoms with Gasteiger partial charge in [-0.1, -0.05) is 125 Å². The fourth-order valence-corrected chi connectivity index (χ4v) is 7.88. The summed E-state index contributed by atoms with van der Waals surface area (Å²) in [5, 5.41) is 0. The Kier molecular flexibility index (Phi) is 13.6. The van der Waals surface area contributed by atoms with Crippen LogP contribution < -0.4 is 0 Å². The maximum atomic E-state index is 3.45. The van der Waals surface area contributed by atoms with Crippen molar-refractivity contribution in [3.05, 3.63) is 234 Å². The quantitative estimate of drug-likeness (QED) is 0.157. The average Bonchev–Trinajstić information content (AvgIpc) is 4.08. The molecule has 57 heavy (non-hydrogen) atoms. The zero-order chi connectivity index (χ0) is 35.8. The molecule has 0 N–H and O–H groups in total. The van der Waals surface area contributed by atoms with Crippen molar-refractivity contribution in [2.45, 2.75) is 19.3 Å². The molecule has 0 saturated heterocycles. The van der Waals surface area contributed by atoms with Gasteiger partial charge in [-0.15, -0.1) is 45.8 Å². The van der Waals surface area contributed by atoms with Crippen molar-refractivity contribution >= 4 is 0 Å². The van der Waals surface area contributed by atoms with Gasteiger partial charge in [0, 0.05) is 98.1 Å². The molecule has 0 bridgehead atoms. The van der Waals surface area contributed by atoms with E-state index in [1.54, 1.807) is 0 Å². The second-order valence-corrected chi connectivity index (χ2v) is 13.7. The van der Waals surface area contributed by atoms with Crippen molar-refractivity contribution in [3.63, 3.8) is 0 Å². The first kappa shape index (κ1) is 41.6. The molecule has 6 aromatic carbocycles. The first-order valence-corrected chi connectivity index (χ1v) is 18.3. The Morgan fingerprint density at radius 1 is 0.404 bits per heavy atom. The van der Waals surface area contributed by atoms with Gasteiger partial charge < -0.3 is 13.7 Å². The molecule has 0 unspecified atom stereocenters. The predicted molar refractivity (Wildman–Crippen MR) is 215 cm³/mol. The molecule has 0 amide bonds. The number of fused-ring (bicyclic) bond motifs is 9. The summed E-state index contributed by atoms with van der Waals surface area (Å²) in [4.78, 5) is 0. The number of nitrogens with zero attached hydrogens (tertiary/aromatic N) is 3. The summed E-state index contributed by atoms with van der Waals surface area (Å²) in [5.74, 6) is 0. The molecule has 3 aromatic heterocycles. The Bertz CT molecular complexity index is 2600. The van der Waals surface area contributed by atoms with Gasteiger partial charge in [0.1, 0.15) is 0 Å². The maximum Gasteiger partial charge on any atom is 0 e. The molecule has 3 heterocycles. The van der Waals surface area contributed by atoms with Crippen LogP contribution in [0.25, 0.3) is 50.4 Å². The van der Waals surface area contributed by atoms with Gasteiger partial charge in [0.2, 0.25) is 0 Å². The minimum atomic E-state index is 0. The molecule has 0 aliphatic heterocycles. The minimum Gasteiger partial charge on any atom is -0.471 e. The fourth-order valence-electron chi connectivity index (χ4n) is 7.88. The molecule has 3 nitrogen and oxygen atoms in total. The van der Waals surface area contributed by atoms with Gasteiger partial charge in [0.25, 0.3) is 0 Å². The normalized spacial score (nSPS) is 11.6. The van der Waals surface area contributed by atoms with Crippen LogP contribution in [-0.4, -0.2) is 13.7 Å². The number of para-hydroxylation sites is 3. The largest absolute Gasteiger partial charge is 0.471 e. The van der Waals surface area contributed by atoms with Crippen LogP contribution in [0.15, 0.2) is 164 Å². The third-order valence-corrected chi connectivity index (χ3v) is 10.4. The van der Waals surface area contributed by atoms with Crippen LogP contribution in [0.3, 0.4) is 0 Å². The van der Waals surface area contributed by atoms with Crippen LogP contribution in [0, 0.1) is 36.8 Å². The third kappa shape index (κ3) is 8.36. The van der Waals surface area contributed by atoms with Gasteiger partial charge >= 0.3 is 0 Å². The van der Waals surface area contributed by atoms with Gasteiger partial charge in [-0.25, -0.2) is 18.2 Å². The van der Waals surface area contributed by atoms with E-state index < -0.39 is 0 Å². The summed E-state index contributed by atoms with van der Waals surface area (Å²) in [6.45, 7) is 0. The molecule has 3 aliphatic carbocycles. The van der Waals surface area contributed by atoms with Crippen molar-refractivity contribution in [1.82, 2.24) is 13.7 Å². The Balaban J connectivity index is 0.000000127.